The van der Waals surface area contributed by atoms with Gasteiger partial charge in [0.15, 0.2) is 5.78 Å². The van der Waals surface area contributed by atoms with E-state index in [2.05, 4.69) is 0 Å². The monoisotopic (exact) mass is 258 g/mol. The maximum absolute atomic E-state index is 10.9. The number of ether oxygens (including phenoxy) is 2. The van der Waals surface area contributed by atoms with Gasteiger partial charge in [-0.1, -0.05) is 18.2 Å². The third-order valence-electron chi connectivity index (χ3n) is 2.38. The number of aliphatic hydroxyl groups excluding tert-OH is 1. The Bertz CT molecular complexity index is 520. The second kappa shape index (κ2) is 6.56. The van der Waals surface area contributed by atoms with Gasteiger partial charge < -0.3 is 14.6 Å². The van der Waals surface area contributed by atoms with Crippen LogP contribution < -0.4 is 9.47 Å². The number of rotatable bonds is 6. The van der Waals surface area contributed by atoms with Crippen LogP contribution in [-0.4, -0.2) is 24.1 Å². The SMILES string of the molecule is O=C(CO)COc1ccc(Oc2ccccc2)cc1. The van der Waals surface area contributed by atoms with Crippen molar-refractivity contribution in [1.29, 1.82) is 0 Å². The molecule has 0 atom stereocenters. The quantitative estimate of drug-likeness (QED) is 0.864. The van der Waals surface area contributed by atoms with Crippen LogP contribution in [0.15, 0.2) is 54.6 Å². The molecule has 19 heavy (non-hydrogen) atoms. The molecular formula is C15H14O4. The van der Waals surface area contributed by atoms with Crippen LogP contribution >= 0.6 is 0 Å². The third-order valence-corrected chi connectivity index (χ3v) is 2.38. The van der Waals surface area contributed by atoms with Gasteiger partial charge in [-0.15, -0.1) is 0 Å². The highest BCUT2D eigenvalue weighted by atomic mass is 16.5. The van der Waals surface area contributed by atoms with E-state index in [-0.39, 0.29) is 12.4 Å². The minimum absolute atomic E-state index is 0.130. The number of carbonyl (C=O) groups is 1. The normalized spacial score (nSPS) is 9.95. The summed E-state index contributed by atoms with van der Waals surface area (Å²) in [5.74, 6) is 1.64. The third kappa shape index (κ3) is 4.12. The van der Waals surface area contributed by atoms with Gasteiger partial charge in [0.2, 0.25) is 0 Å². The number of para-hydroxylation sites is 1. The molecule has 0 fully saturated rings. The summed E-state index contributed by atoms with van der Waals surface area (Å²) in [6, 6.07) is 16.4. The average Bonchev–Trinajstić information content (AvgIpc) is 2.47. The predicted octanol–water partition coefficient (Wildman–Crippen LogP) is 2.42. The van der Waals surface area contributed by atoms with Crippen molar-refractivity contribution in [3.05, 3.63) is 54.6 Å². The Labute approximate surface area is 111 Å². The van der Waals surface area contributed by atoms with E-state index in [1.807, 2.05) is 30.3 Å². The lowest BCUT2D eigenvalue weighted by atomic mass is 10.3. The largest absolute Gasteiger partial charge is 0.486 e. The van der Waals surface area contributed by atoms with Crippen LogP contribution in [0.2, 0.25) is 0 Å². The number of carbonyl (C=O) groups excluding carboxylic acids is 1. The zero-order chi connectivity index (χ0) is 13.5. The van der Waals surface area contributed by atoms with Gasteiger partial charge in [0, 0.05) is 0 Å². The first-order valence-corrected chi connectivity index (χ1v) is 5.86. The lowest BCUT2D eigenvalue weighted by Gasteiger charge is -2.07. The highest BCUT2D eigenvalue weighted by Crippen LogP contribution is 2.23. The van der Waals surface area contributed by atoms with E-state index < -0.39 is 6.61 Å². The maximum atomic E-state index is 10.9. The molecule has 0 unspecified atom stereocenters. The summed E-state index contributed by atoms with van der Waals surface area (Å²) in [4.78, 5) is 10.9. The molecule has 0 heterocycles. The highest BCUT2D eigenvalue weighted by Gasteiger charge is 2.02. The number of hydrogen-bond acceptors (Lipinski definition) is 4. The molecule has 4 nitrogen and oxygen atoms in total. The average molecular weight is 258 g/mol. The molecule has 2 aromatic rings. The Balaban J connectivity index is 1.93. The molecule has 0 aromatic heterocycles. The summed E-state index contributed by atoms with van der Waals surface area (Å²) in [7, 11) is 0. The van der Waals surface area contributed by atoms with E-state index in [4.69, 9.17) is 14.6 Å². The summed E-state index contributed by atoms with van der Waals surface area (Å²) >= 11 is 0. The fraction of sp³-hybridized carbons (Fsp3) is 0.133. The van der Waals surface area contributed by atoms with Gasteiger partial charge in [-0.25, -0.2) is 0 Å². The summed E-state index contributed by atoms with van der Waals surface area (Å²) in [5.41, 5.74) is 0. The van der Waals surface area contributed by atoms with Gasteiger partial charge in [-0.3, -0.25) is 4.79 Å². The van der Waals surface area contributed by atoms with E-state index in [9.17, 15) is 4.79 Å². The van der Waals surface area contributed by atoms with E-state index in [0.29, 0.717) is 11.5 Å². The Morgan fingerprint density at radius 3 is 2.11 bits per heavy atom. The topological polar surface area (TPSA) is 55.8 Å². The Morgan fingerprint density at radius 2 is 1.47 bits per heavy atom. The van der Waals surface area contributed by atoms with Crippen LogP contribution in [0.5, 0.6) is 17.2 Å². The molecule has 0 aliphatic rings. The molecule has 0 amide bonds. The molecule has 0 radical (unpaired) electrons. The van der Waals surface area contributed by atoms with E-state index >= 15 is 0 Å². The summed E-state index contributed by atoms with van der Waals surface area (Å²) < 4.78 is 10.8. The van der Waals surface area contributed by atoms with Gasteiger partial charge in [0.25, 0.3) is 0 Å². The molecule has 0 saturated carbocycles. The van der Waals surface area contributed by atoms with E-state index in [1.54, 1.807) is 24.3 Å². The van der Waals surface area contributed by atoms with Crippen molar-refractivity contribution in [2.75, 3.05) is 13.2 Å². The lowest BCUT2D eigenvalue weighted by molar-refractivity contribution is -0.123. The fourth-order valence-corrected chi connectivity index (χ4v) is 1.44. The van der Waals surface area contributed by atoms with Gasteiger partial charge >= 0.3 is 0 Å². The Morgan fingerprint density at radius 1 is 0.895 bits per heavy atom. The first kappa shape index (κ1) is 13.1. The first-order chi connectivity index (χ1) is 9.28. The molecule has 0 aliphatic heterocycles. The summed E-state index contributed by atoms with van der Waals surface area (Å²) in [5, 5.41) is 8.57. The number of benzene rings is 2. The van der Waals surface area contributed by atoms with Gasteiger partial charge in [0.1, 0.15) is 30.5 Å². The molecule has 2 aromatic carbocycles. The van der Waals surface area contributed by atoms with Crippen LogP contribution in [0.3, 0.4) is 0 Å². The van der Waals surface area contributed by atoms with Crippen molar-refractivity contribution in [1.82, 2.24) is 0 Å². The standard InChI is InChI=1S/C15H14O4/c16-10-12(17)11-18-13-6-8-15(9-7-13)19-14-4-2-1-3-5-14/h1-9,16H,10-11H2. The molecule has 2 rings (SSSR count). The number of hydrogen-bond donors (Lipinski definition) is 1. The minimum Gasteiger partial charge on any atom is -0.486 e. The first-order valence-electron chi connectivity index (χ1n) is 5.86. The second-order valence-electron chi connectivity index (χ2n) is 3.87. The zero-order valence-electron chi connectivity index (χ0n) is 10.3. The lowest BCUT2D eigenvalue weighted by Crippen LogP contribution is -2.14. The highest BCUT2D eigenvalue weighted by molar-refractivity contribution is 5.80. The van der Waals surface area contributed by atoms with Crippen molar-refractivity contribution >= 4 is 5.78 Å². The summed E-state index contributed by atoms with van der Waals surface area (Å²) in [6.07, 6.45) is 0. The van der Waals surface area contributed by atoms with Crippen LogP contribution in [0.1, 0.15) is 0 Å². The maximum Gasteiger partial charge on any atom is 0.195 e. The van der Waals surface area contributed by atoms with Crippen LogP contribution in [0.4, 0.5) is 0 Å². The van der Waals surface area contributed by atoms with Crippen molar-refractivity contribution in [2.24, 2.45) is 0 Å². The Hall–Kier alpha value is -2.33. The van der Waals surface area contributed by atoms with Crippen LogP contribution in [0.25, 0.3) is 0 Å². The van der Waals surface area contributed by atoms with Crippen LogP contribution in [-0.2, 0) is 4.79 Å². The van der Waals surface area contributed by atoms with Crippen LogP contribution in [0, 0.1) is 0 Å². The molecule has 0 spiro atoms. The molecule has 0 aliphatic carbocycles. The van der Waals surface area contributed by atoms with Crippen molar-refractivity contribution in [3.63, 3.8) is 0 Å². The number of ketones is 1. The number of Topliss-reactive ketones (excluding diaryl/α,β-unsaturated/α-hetero) is 1. The molecule has 0 bridgehead atoms. The van der Waals surface area contributed by atoms with E-state index in [1.165, 1.54) is 0 Å². The smallest absolute Gasteiger partial charge is 0.195 e. The molecule has 4 heteroatoms. The number of aliphatic hydroxyl groups is 1. The Kier molecular flexibility index (Phi) is 4.53. The minimum atomic E-state index is -0.505. The van der Waals surface area contributed by atoms with E-state index in [0.717, 1.165) is 5.75 Å². The molecule has 1 N–H and O–H groups in total. The van der Waals surface area contributed by atoms with Crippen molar-refractivity contribution in [2.45, 2.75) is 0 Å². The van der Waals surface area contributed by atoms with Crippen molar-refractivity contribution < 1.29 is 19.4 Å². The summed E-state index contributed by atoms with van der Waals surface area (Å²) in [6.45, 7) is -0.634. The van der Waals surface area contributed by atoms with Gasteiger partial charge in [0.05, 0.1) is 0 Å². The van der Waals surface area contributed by atoms with Gasteiger partial charge in [-0.2, -0.15) is 0 Å². The molecular weight excluding hydrogens is 244 g/mol. The van der Waals surface area contributed by atoms with Gasteiger partial charge in [-0.05, 0) is 36.4 Å². The van der Waals surface area contributed by atoms with Crippen molar-refractivity contribution in [3.8, 4) is 17.2 Å². The zero-order valence-corrected chi connectivity index (χ0v) is 10.3. The second-order valence-corrected chi connectivity index (χ2v) is 3.87. The molecule has 0 saturated heterocycles. The molecule has 98 valence electrons. The predicted molar refractivity (Wildman–Crippen MR) is 70.5 cm³/mol. The fourth-order valence-electron chi connectivity index (χ4n) is 1.44.